The molecule has 0 radical (unpaired) electrons. The van der Waals surface area contributed by atoms with Crippen LogP contribution in [0.4, 0.5) is 21.5 Å². The Balaban J connectivity index is 2.27. The van der Waals surface area contributed by atoms with Crippen molar-refractivity contribution in [3.63, 3.8) is 0 Å². The van der Waals surface area contributed by atoms with E-state index < -0.39 is 5.82 Å². The molecule has 0 unspecified atom stereocenters. The number of nitrogens with zero attached hydrogens (tertiary/aromatic N) is 2. The van der Waals surface area contributed by atoms with Crippen LogP contribution in [0.5, 0.6) is 0 Å². The van der Waals surface area contributed by atoms with Crippen molar-refractivity contribution in [2.75, 3.05) is 24.3 Å². The molecule has 0 atom stereocenters. The molecule has 0 aliphatic heterocycles. The van der Waals surface area contributed by atoms with E-state index in [2.05, 4.69) is 21.2 Å². The summed E-state index contributed by atoms with van der Waals surface area (Å²) in [6.07, 6.45) is 0. The summed E-state index contributed by atoms with van der Waals surface area (Å²) in [4.78, 5) is 1.99. The molecule has 2 aromatic carbocycles. The van der Waals surface area contributed by atoms with Crippen molar-refractivity contribution in [1.29, 1.82) is 5.26 Å². The molecule has 0 aliphatic carbocycles. The summed E-state index contributed by atoms with van der Waals surface area (Å²) in [5, 5.41) is 11.8. The van der Waals surface area contributed by atoms with Crippen LogP contribution in [0.3, 0.4) is 0 Å². The van der Waals surface area contributed by atoms with E-state index in [4.69, 9.17) is 5.26 Å². The predicted molar refractivity (Wildman–Crippen MR) is 82.9 cm³/mol. The van der Waals surface area contributed by atoms with Crippen molar-refractivity contribution >= 4 is 33.0 Å². The first kappa shape index (κ1) is 14.4. The molecule has 2 aromatic rings. The van der Waals surface area contributed by atoms with Gasteiger partial charge in [-0.3, -0.25) is 0 Å². The molecule has 0 aromatic heterocycles. The lowest BCUT2D eigenvalue weighted by Crippen LogP contribution is -2.08. The third-order valence-corrected chi connectivity index (χ3v) is 3.64. The molecular weight excluding hydrogens is 321 g/mol. The van der Waals surface area contributed by atoms with Crippen LogP contribution in [0.15, 0.2) is 40.9 Å². The summed E-state index contributed by atoms with van der Waals surface area (Å²) in [6, 6.07) is 12.7. The predicted octanol–water partition coefficient (Wildman–Crippen LogP) is 4.27. The fraction of sp³-hybridized carbons (Fsp3) is 0.133. The van der Waals surface area contributed by atoms with Crippen molar-refractivity contribution in [2.24, 2.45) is 0 Å². The number of halogens is 2. The Morgan fingerprint density at radius 2 is 1.80 bits per heavy atom. The Labute approximate surface area is 125 Å². The molecule has 0 fully saturated rings. The highest BCUT2D eigenvalue weighted by atomic mass is 79.9. The Bertz CT molecular complexity index is 660. The zero-order valence-electron chi connectivity index (χ0n) is 11.1. The lowest BCUT2D eigenvalue weighted by Gasteiger charge is -2.14. The normalized spacial score (nSPS) is 9.95. The topological polar surface area (TPSA) is 39.1 Å². The van der Waals surface area contributed by atoms with Gasteiger partial charge >= 0.3 is 0 Å². The molecule has 2 rings (SSSR count). The third-order valence-electron chi connectivity index (χ3n) is 2.87. The van der Waals surface area contributed by atoms with Gasteiger partial charge in [-0.15, -0.1) is 0 Å². The van der Waals surface area contributed by atoms with Gasteiger partial charge in [-0.25, -0.2) is 4.39 Å². The van der Waals surface area contributed by atoms with Crippen LogP contribution < -0.4 is 10.2 Å². The highest BCUT2D eigenvalue weighted by Gasteiger charge is 2.11. The van der Waals surface area contributed by atoms with Gasteiger partial charge in [-0.05, 0) is 52.3 Å². The quantitative estimate of drug-likeness (QED) is 0.911. The number of hydrogen-bond acceptors (Lipinski definition) is 3. The molecule has 0 heterocycles. The minimum Gasteiger partial charge on any atom is -0.378 e. The molecule has 102 valence electrons. The van der Waals surface area contributed by atoms with Gasteiger partial charge in [0.05, 0.1) is 15.7 Å². The van der Waals surface area contributed by atoms with E-state index in [1.807, 2.05) is 49.3 Å². The van der Waals surface area contributed by atoms with Crippen molar-refractivity contribution < 1.29 is 4.39 Å². The van der Waals surface area contributed by atoms with Gasteiger partial charge in [0.2, 0.25) is 0 Å². The first-order valence-corrected chi connectivity index (χ1v) is 6.74. The summed E-state index contributed by atoms with van der Waals surface area (Å²) >= 11 is 3.09. The largest absolute Gasteiger partial charge is 0.378 e. The van der Waals surface area contributed by atoms with Crippen LogP contribution in [-0.2, 0) is 0 Å². The Morgan fingerprint density at radius 3 is 2.35 bits per heavy atom. The van der Waals surface area contributed by atoms with Crippen LogP contribution in [0.2, 0.25) is 0 Å². The molecule has 5 heteroatoms. The average molecular weight is 334 g/mol. The third kappa shape index (κ3) is 2.91. The van der Waals surface area contributed by atoms with E-state index in [-0.39, 0.29) is 10.0 Å². The minimum atomic E-state index is -0.472. The lowest BCUT2D eigenvalue weighted by molar-refractivity contribution is 0.624. The van der Waals surface area contributed by atoms with Crippen molar-refractivity contribution in [1.82, 2.24) is 0 Å². The maximum Gasteiger partial charge on any atom is 0.162 e. The SMILES string of the molecule is CN(C)c1ccc(Nc2ccc(C#N)c(Br)c2F)cc1. The summed E-state index contributed by atoms with van der Waals surface area (Å²) in [5.74, 6) is -0.472. The summed E-state index contributed by atoms with van der Waals surface area (Å²) in [7, 11) is 3.92. The summed E-state index contributed by atoms with van der Waals surface area (Å²) < 4.78 is 14.2. The average Bonchev–Trinajstić information content (AvgIpc) is 2.45. The number of nitrogens with one attached hydrogen (secondary N) is 1. The van der Waals surface area contributed by atoms with Crippen molar-refractivity contribution in [3.05, 3.63) is 52.3 Å². The van der Waals surface area contributed by atoms with E-state index >= 15 is 0 Å². The zero-order valence-corrected chi connectivity index (χ0v) is 12.7. The van der Waals surface area contributed by atoms with Crippen molar-refractivity contribution in [2.45, 2.75) is 0 Å². The molecule has 3 nitrogen and oxygen atoms in total. The molecule has 0 saturated carbocycles. The van der Waals surface area contributed by atoms with Gasteiger partial charge < -0.3 is 10.2 Å². The monoisotopic (exact) mass is 333 g/mol. The van der Waals surface area contributed by atoms with Gasteiger partial charge in [-0.1, -0.05) is 0 Å². The van der Waals surface area contributed by atoms with Gasteiger partial charge in [0.1, 0.15) is 6.07 Å². The molecule has 20 heavy (non-hydrogen) atoms. The Morgan fingerprint density at radius 1 is 1.15 bits per heavy atom. The molecular formula is C15H13BrFN3. The maximum atomic E-state index is 14.1. The second-order valence-corrected chi connectivity index (χ2v) is 5.26. The fourth-order valence-electron chi connectivity index (χ4n) is 1.73. The molecule has 0 spiro atoms. The molecule has 0 amide bonds. The zero-order chi connectivity index (χ0) is 14.7. The Hall–Kier alpha value is -2.06. The van der Waals surface area contributed by atoms with E-state index in [9.17, 15) is 4.39 Å². The number of nitriles is 1. The van der Waals surface area contributed by atoms with Gasteiger partial charge in [0.25, 0.3) is 0 Å². The van der Waals surface area contributed by atoms with Gasteiger partial charge in [-0.2, -0.15) is 5.26 Å². The standard InChI is InChI=1S/C15H13BrFN3/c1-20(2)12-6-4-11(5-7-12)19-13-8-3-10(9-18)14(16)15(13)17/h3-8,19H,1-2H3. The molecule has 0 aliphatic rings. The number of anilines is 3. The van der Waals surface area contributed by atoms with E-state index in [1.165, 1.54) is 0 Å². The summed E-state index contributed by atoms with van der Waals surface area (Å²) in [5.41, 5.74) is 2.45. The highest BCUT2D eigenvalue weighted by molar-refractivity contribution is 9.10. The van der Waals surface area contributed by atoms with Gasteiger partial charge in [0.15, 0.2) is 5.82 Å². The number of rotatable bonds is 3. The fourth-order valence-corrected chi connectivity index (χ4v) is 2.17. The van der Waals surface area contributed by atoms with E-state index in [0.717, 1.165) is 11.4 Å². The smallest absolute Gasteiger partial charge is 0.162 e. The van der Waals surface area contributed by atoms with E-state index in [1.54, 1.807) is 12.1 Å². The minimum absolute atomic E-state index is 0.176. The Kier molecular flexibility index (Phi) is 4.26. The second-order valence-electron chi connectivity index (χ2n) is 4.47. The number of benzene rings is 2. The first-order chi connectivity index (χ1) is 9.52. The van der Waals surface area contributed by atoms with Crippen LogP contribution >= 0.6 is 15.9 Å². The van der Waals surface area contributed by atoms with Crippen LogP contribution in [0.1, 0.15) is 5.56 Å². The molecule has 0 saturated heterocycles. The van der Waals surface area contributed by atoms with E-state index in [0.29, 0.717) is 5.69 Å². The molecule has 1 N–H and O–H groups in total. The van der Waals surface area contributed by atoms with Crippen LogP contribution in [0, 0.1) is 17.1 Å². The second kappa shape index (κ2) is 5.93. The molecule has 0 bridgehead atoms. The maximum absolute atomic E-state index is 14.1. The lowest BCUT2D eigenvalue weighted by atomic mass is 10.2. The highest BCUT2D eigenvalue weighted by Crippen LogP contribution is 2.29. The van der Waals surface area contributed by atoms with Crippen molar-refractivity contribution in [3.8, 4) is 6.07 Å². The summed E-state index contributed by atoms with van der Waals surface area (Å²) in [6.45, 7) is 0. The number of hydrogen-bond donors (Lipinski definition) is 1. The van der Waals surface area contributed by atoms with Gasteiger partial charge in [0, 0.05) is 25.5 Å². The van der Waals surface area contributed by atoms with Crippen LogP contribution in [0.25, 0.3) is 0 Å². The first-order valence-electron chi connectivity index (χ1n) is 5.95. The van der Waals surface area contributed by atoms with Crippen LogP contribution in [-0.4, -0.2) is 14.1 Å².